The van der Waals surface area contributed by atoms with E-state index in [1.807, 2.05) is 0 Å². The molecular formula is C56H92N12O40. The number of carbonyl (C=O) groups is 20. The van der Waals surface area contributed by atoms with Gasteiger partial charge in [-0.25, -0.2) is 0 Å². The average Bonchev–Trinajstić information content (AvgIpc) is 0.934. The van der Waals surface area contributed by atoms with Gasteiger partial charge in [0, 0.05) is 105 Å². The molecule has 0 fully saturated rings. The molecule has 0 radical (unpaired) electrons. The highest BCUT2D eigenvalue weighted by Gasteiger charge is 2.25. The van der Waals surface area contributed by atoms with Crippen LogP contribution in [0.1, 0.15) is 0 Å². The van der Waals surface area contributed by atoms with E-state index in [0.717, 1.165) is 39.2 Å². The normalized spacial score (nSPS) is 11.1. The summed E-state index contributed by atoms with van der Waals surface area (Å²) in [5.74, 6) is -24.6. The van der Waals surface area contributed by atoms with Crippen LogP contribution in [0.25, 0.3) is 0 Å². The fraction of sp³-hybridized carbons (Fsp3) is 0.643. The van der Waals surface area contributed by atoms with E-state index in [4.69, 9.17) is 102 Å². The second-order valence-electron chi connectivity index (χ2n) is 22.7. The molecule has 0 spiro atoms. The third kappa shape index (κ3) is 70.6. The van der Waals surface area contributed by atoms with E-state index in [9.17, 15) is 95.9 Å². The zero-order chi connectivity index (χ0) is 83.9. The Bertz CT molecular complexity index is 2310. The number of carboxylic acid groups (broad SMARTS) is 20. The van der Waals surface area contributed by atoms with Crippen molar-refractivity contribution in [3.8, 4) is 0 Å². The largest absolute Gasteiger partial charge is 0.480 e. The first-order chi connectivity index (χ1) is 50.0. The molecule has 52 heteroatoms. The fourth-order valence-corrected chi connectivity index (χ4v) is 8.88. The third-order valence-corrected chi connectivity index (χ3v) is 13.0. The second kappa shape index (κ2) is 59.1. The summed E-state index contributed by atoms with van der Waals surface area (Å²) in [7, 11) is 0. The predicted molar refractivity (Wildman–Crippen MR) is 350 cm³/mol. The molecular weight excluding hydrogens is 1480 g/mol. The SMILES string of the molecule is O=C(O)CN(CCN(CC(=O)O)CC(=O)O)CCN(CC(=O)O)CC(=O)O.O=C(O)CN(CCN(CC(=O)O)CC(=O)O)CCN(CC(=O)O)CC(=O)O.O=C(O)CN(CCN(CC(=O)O)CC(=O)O)CCN(CC(=O)O)CC(=O)O.O=C(O)CN(CCN(CC(=O)O)CC(=O)O)CCN(CC(=O)O)CC(=O)O. The number of hydrogen-bond donors (Lipinski definition) is 20. The summed E-state index contributed by atoms with van der Waals surface area (Å²) in [6, 6.07) is 0. The summed E-state index contributed by atoms with van der Waals surface area (Å²) < 4.78 is 0. The van der Waals surface area contributed by atoms with Crippen LogP contribution in [0.15, 0.2) is 0 Å². The minimum absolute atomic E-state index is 0.000836. The maximum Gasteiger partial charge on any atom is 0.317 e. The van der Waals surface area contributed by atoms with Gasteiger partial charge in [0.25, 0.3) is 0 Å². The number of carboxylic acids is 20. The van der Waals surface area contributed by atoms with E-state index in [-0.39, 0.29) is 105 Å². The van der Waals surface area contributed by atoms with Crippen LogP contribution < -0.4 is 0 Å². The number of rotatable bonds is 64. The van der Waals surface area contributed by atoms with Gasteiger partial charge in [-0.2, -0.15) is 0 Å². The molecule has 0 atom stereocenters. The molecule has 0 amide bonds. The summed E-state index contributed by atoms with van der Waals surface area (Å²) in [6.07, 6.45) is 0. The van der Waals surface area contributed by atoms with Crippen molar-refractivity contribution in [2.45, 2.75) is 0 Å². The van der Waals surface area contributed by atoms with Crippen molar-refractivity contribution in [2.24, 2.45) is 0 Å². The Labute approximate surface area is 610 Å². The molecule has 0 saturated heterocycles. The van der Waals surface area contributed by atoms with Crippen molar-refractivity contribution in [2.75, 3.05) is 236 Å². The molecule has 0 saturated carbocycles. The Morgan fingerprint density at radius 2 is 0.148 bits per heavy atom. The van der Waals surface area contributed by atoms with Gasteiger partial charge >= 0.3 is 119 Å². The van der Waals surface area contributed by atoms with Crippen LogP contribution in [0, 0.1) is 0 Å². The van der Waals surface area contributed by atoms with Gasteiger partial charge < -0.3 is 102 Å². The van der Waals surface area contributed by atoms with Crippen LogP contribution >= 0.6 is 0 Å². The van der Waals surface area contributed by atoms with Gasteiger partial charge in [0.1, 0.15) is 0 Å². The smallest absolute Gasteiger partial charge is 0.317 e. The fourth-order valence-electron chi connectivity index (χ4n) is 8.88. The minimum atomic E-state index is -1.24. The second-order valence-corrected chi connectivity index (χ2v) is 22.7. The van der Waals surface area contributed by atoms with Gasteiger partial charge in [-0.1, -0.05) is 0 Å². The van der Waals surface area contributed by atoms with Crippen molar-refractivity contribution in [1.29, 1.82) is 0 Å². The monoisotopic (exact) mass is 1570 g/mol. The lowest BCUT2D eigenvalue weighted by Gasteiger charge is -2.27. The van der Waals surface area contributed by atoms with Gasteiger partial charge in [0.15, 0.2) is 0 Å². The maximum atomic E-state index is 11.0. The molecule has 0 aliphatic heterocycles. The van der Waals surface area contributed by atoms with Crippen LogP contribution in [-0.4, -0.2) is 516 Å². The lowest BCUT2D eigenvalue weighted by atomic mass is 10.3. The van der Waals surface area contributed by atoms with Crippen LogP contribution in [0.2, 0.25) is 0 Å². The van der Waals surface area contributed by atoms with E-state index in [1.54, 1.807) is 0 Å². The molecule has 0 aliphatic carbocycles. The van der Waals surface area contributed by atoms with E-state index in [0.29, 0.717) is 0 Å². The summed E-state index contributed by atoms with van der Waals surface area (Å²) in [5, 5.41) is 176. The first-order valence-electron chi connectivity index (χ1n) is 31.0. The molecule has 0 heterocycles. The molecule has 0 unspecified atom stereocenters. The standard InChI is InChI=1S/4C14H23N3O10/c4*18-10(19)5-15(1-3-16(6-11(20)21)7-12(22)23)2-4-17(8-13(24)25)9-14(26)27/h4*1-9H2,(H,18,19)(H,20,21)(H,22,23)(H,24,25)(H,26,27). The molecule has 20 N–H and O–H groups in total. The van der Waals surface area contributed by atoms with E-state index >= 15 is 0 Å². The Balaban J connectivity index is -0.000000668. The maximum absolute atomic E-state index is 11.0. The lowest BCUT2D eigenvalue weighted by molar-refractivity contribution is -0.144. The van der Waals surface area contributed by atoms with Gasteiger partial charge in [-0.15, -0.1) is 0 Å². The van der Waals surface area contributed by atoms with Gasteiger partial charge in [0.2, 0.25) is 0 Å². The number of aliphatic carboxylic acids is 20. The lowest BCUT2D eigenvalue weighted by Crippen LogP contribution is -2.45. The molecule has 0 aromatic rings. The molecule has 616 valence electrons. The Kier molecular flexibility index (Phi) is 56.5. The van der Waals surface area contributed by atoms with Crippen molar-refractivity contribution in [1.82, 2.24) is 58.8 Å². The zero-order valence-corrected chi connectivity index (χ0v) is 57.9. The predicted octanol–water partition coefficient (Wildman–Crippen LogP) is -10.7. The highest BCUT2D eigenvalue weighted by Crippen LogP contribution is 2.03. The molecule has 0 bridgehead atoms. The molecule has 52 nitrogen and oxygen atoms in total. The van der Waals surface area contributed by atoms with Crippen LogP contribution in [0.4, 0.5) is 0 Å². The van der Waals surface area contributed by atoms with Crippen LogP contribution in [0.3, 0.4) is 0 Å². The average molecular weight is 1570 g/mol. The van der Waals surface area contributed by atoms with Crippen molar-refractivity contribution in [3.63, 3.8) is 0 Å². The number of nitrogens with zero attached hydrogens (tertiary/aromatic N) is 12. The van der Waals surface area contributed by atoms with Crippen molar-refractivity contribution < 1.29 is 198 Å². The van der Waals surface area contributed by atoms with Crippen LogP contribution in [-0.2, 0) is 95.9 Å². The molecule has 0 aromatic heterocycles. The Morgan fingerprint density at radius 1 is 0.102 bits per heavy atom. The minimum Gasteiger partial charge on any atom is -0.480 e. The highest BCUT2D eigenvalue weighted by molar-refractivity contribution is 5.77. The quantitative estimate of drug-likeness (QED) is 0.0269. The van der Waals surface area contributed by atoms with Crippen LogP contribution in [0.5, 0.6) is 0 Å². The van der Waals surface area contributed by atoms with E-state index in [1.165, 1.54) is 19.6 Å². The first kappa shape index (κ1) is 103. The zero-order valence-electron chi connectivity index (χ0n) is 57.9. The third-order valence-electron chi connectivity index (χ3n) is 13.0. The molecule has 0 aliphatic rings. The molecule has 0 aromatic carbocycles. The van der Waals surface area contributed by atoms with E-state index < -0.39 is 250 Å². The van der Waals surface area contributed by atoms with Gasteiger partial charge in [-0.3, -0.25) is 155 Å². The van der Waals surface area contributed by atoms with Crippen molar-refractivity contribution >= 4 is 119 Å². The van der Waals surface area contributed by atoms with Gasteiger partial charge in [-0.05, 0) is 0 Å². The Hall–Kier alpha value is -11.1. The Morgan fingerprint density at radius 3 is 0.204 bits per heavy atom. The topological polar surface area (TPSA) is 785 Å². The first-order valence-corrected chi connectivity index (χ1v) is 31.0. The van der Waals surface area contributed by atoms with E-state index in [2.05, 4.69) is 0 Å². The summed E-state index contributed by atoms with van der Waals surface area (Å²) >= 11 is 0. The summed E-state index contributed by atoms with van der Waals surface area (Å²) in [6.45, 7) is -10.9. The molecule has 108 heavy (non-hydrogen) atoms. The van der Waals surface area contributed by atoms with Crippen molar-refractivity contribution in [3.05, 3.63) is 0 Å². The number of hydrogen-bond acceptors (Lipinski definition) is 32. The molecule has 0 rings (SSSR count). The summed E-state index contributed by atoms with van der Waals surface area (Å²) in [4.78, 5) is 230. The summed E-state index contributed by atoms with van der Waals surface area (Å²) in [5.41, 5.74) is 0. The highest BCUT2D eigenvalue weighted by atomic mass is 16.4. The van der Waals surface area contributed by atoms with Gasteiger partial charge in [0.05, 0.1) is 131 Å².